The van der Waals surface area contributed by atoms with Gasteiger partial charge in [0.15, 0.2) is 0 Å². The second-order valence-electron chi connectivity index (χ2n) is 5.47. The van der Waals surface area contributed by atoms with E-state index in [-0.39, 0.29) is 0 Å². The van der Waals surface area contributed by atoms with Gasteiger partial charge in [-0.2, -0.15) is 0 Å². The van der Waals surface area contributed by atoms with E-state index in [1.165, 1.54) is 30.4 Å². The maximum atomic E-state index is 4.22. The van der Waals surface area contributed by atoms with Crippen LogP contribution in [-0.2, 0) is 0 Å². The molecular formula is C18H23N. The van der Waals surface area contributed by atoms with Gasteiger partial charge in [-0.25, -0.2) is 0 Å². The highest BCUT2D eigenvalue weighted by Crippen LogP contribution is 2.39. The predicted octanol–water partition coefficient (Wildman–Crippen LogP) is 5.04. The SMILES string of the molecule is C=C/C=C(\N=C)C(CCC1CC1)c1cccc(C)c1. The van der Waals surface area contributed by atoms with Gasteiger partial charge in [0.25, 0.3) is 0 Å². The highest BCUT2D eigenvalue weighted by molar-refractivity contribution is 5.38. The van der Waals surface area contributed by atoms with E-state index in [4.69, 9.17) is 0 Å². The van der Waals surface area contributed by atoms with Gasteiger partial charge in [-0.15, -0.1) is 0 Å². The first kappa shape index (κ1) is 13.8. The molecular weight excluding hydrogens is 230 g/mol. The Morgan fingerprint density at radius 2 is 2.26 bits per heavy atom. The minimum Gasteiger partial charge on any atom is -0.268 e. The van der Waals surface area contributed by atoms with Gasteiger partial charge in [0.1, 0.15) is 0 Å². The largest absolute Gasteiger partial charge is 0.268 e. The molecule has 1 aliphatic rings. The van der Waals surface area contributed by atoms with Crippen molar-refractivity contribution in [3.8, 4) is 0 Å². The number of nitrogens with zero attached hydrogens (tertiary/aromatic N) is 1. The fourth-order valence-electron chi connectivity index (χ4n) is 2.58. The predicted molar refractivity (Wildman–Crippen MR) is 83.7 cm³/mol. The van der Waals surface area contributed by atoms with Crippen molar-refractivity contribution in [2.24, 2.45) is 10.9 Å². The zero-order valence-electron chi connectivity index (χ0n) is 11.8. The van der Waals surface area contributed by atoms with Gasteiger partial charge < -0.3 is 0 Å². The van der Waals surface area contributed by atoms with Crippen LogP contribution in [0.3, 0.4) is 0 Å². The molecule has 0 aliphatic heterocycles. The van der Waals surface area contributed by atoms with Crippen molar-refractivity contribution in [1.82, 2.24) is 0 Å². The van der Waals surface area contributed by atoms with Crippen molar-refractivity contribution < 1.29 is 0 Å². The lowest BCUT2D eigenvalue weighted by molar-refractivity contribution is 0.604. The molecule has 1 aromatic carbocycles. The summed E-state index contributed by atoms with van der Waals surface area (Å²) in [5.74, 6) is 1.30. The Hall–Kier alpha value is -1.63. The van der Waals surface area contributed by atoms with E-state index in [0.29, 0.717) is 5.92 Å². The van der Waals surface area contributed by atoms with E-state index in [1.807, 2.05) is 12.2 Å². The number of benzene rings is 1. The van der Waals surface area contributed by atoms with Crippen LogP contribution in [0.2, 0.25) is 0 Å². The van der Waals surface area contributed by atoms with E-state index in [0.717, 1.165) is 18.0 Å². The fraction of sp³-hybridized carbons (Fsp3) is 0.389. The van der Waals surface area contributed by atoms with Crippen LogP contribution in [0.25, 0.3) is 0 Å². The zero-order valence-corrected chi connectivity index (χ0v) is 11.8. The van der Waals surface area contributed by atoms with Gasteiger partial charge >= 0.3 is 0 Å². The molecule has 1 atom stereocenters. The maximum absolute atomic E-state index is 4.22. The molecule has 1 unspecified atom stereocenters. The Labute approximate surface area is 116 Å². The van der Waals surface area contributed by atoms with Crippen LogP contribution in [0.1, 0.15) is 42.7 Å². The molecule has 1 aromatic rings. The summed E-state index contributed by atoms with van der Waals surface area (Å²) in [6, 6.07) is 8.73. The van der Waals surface area contributed by atoms with Crippen LogP contribution in [0, 0.1) is 12.8 Å². The van der Waals surface area contributed by atoms with Crippen LogP contribution in [0.15, 0.2) is 53.7 Å². The average molecular weight is 253 g/mol. The van der Waals surface area contributed by atoms with Crippen LogP contribution in [-0.4, -0.2) is 6.72 Å². The second-order valence-corrected chi connectivity index (χ2v) is 5.47. The Balaban J connectivity index is 2.23. The van der Waals surface area contributed by atoms with Gasteiger partial charge in [0.05, 0.1) is 0 Å². The lowest BCUT2D eigenvalue weighted by atomic mass is 9.89. The molecule has 1 nitrogen and oxygen atoms in total. The van der Waals surface area contributed by atoms with Crippen LogP contribution < -0.4 is 0 Å². The quantitative estimate of drug-likeness (QED) is 0.477. The summed E-state index contributed by atoms with van der Waals surface area (Å²) in [6.45, 7) is 9.65. The monoisotopic (exact) mass is 253 g/mol. The summed E-state index contributed by atoms with van der Waals surface area (Å²) < 4.78 is 0. The maximum Gasteiger partial charge on any atom is 0.0470 e. The highest BCUT2D eigenvalue weighted by Gasteiger charge is 2.24. The van der Waals surface area contributed by atoms with Gasteiger partial charge in [0.2, 0.25) is 0 Å². The van der Waals surface area contributed by atoms with E-state index in [1.54, 1.807) is 0 Å². The average Bonchev–Trinajstić information content (AvgIpc) is 3.22. The van der Waals surface area contributed by atoms with Gasteiger partial charge in [-0.3, -0.25) is 4.99 Å². The van der Waals surface area contributed by atoms with E-state index >= 15 is 0 Å². The smallest absolute Gasteiger partial charge is 0.0470 e. The molecule has 0 saturated heterocycles. The van der Waals surface area contributed by atoms with Gasteiger partial charge in [-0.1, -0.05) is 55.3 Å². The van der Waals surface area contributed by atoms with E-state index in [9.17, 15) is 0 Å². The molecule has 19 heavy (non-hydrogen) atoms. The highest BCUT2D eigenvalue weighted by atomic mass is 14.7. The Morgan fingerprint density at radius 1 is 1.47 bits per heavy atom. The first-order valence-corrected chi connectivity index (χ1v) is 7.10. The molecule has 1 heteroatoms. The number of hydrogen-bond donors (Lipinski definition) is 0. The molecule has 2 rings (SSSR count). The fourth-order valence-corrected chi connectivity index (χ4v) is 2.58. The molecule has 0 radical (unpaired) electrons. The topological polar surface area (TPSA) is 12.4 Å². The third-order valence-corrected chi connectivity index (χ3v) is 3.83. The third-order valence-electron chi connectivity index (χ3n) is 3.83. The molecule has 0 bridgehead atoms. The lowest BCUT2D eigenvalue weighted by Crippen LogP contribution is -2.02. The number of hydrogen-bond acceptors (Lipinski definition) is 1. The molecule has 1 saturated carbocycles. The summed E-state index contributed by atoms with van der Waals surface area (Å²) in [7, 11) is 0. The number of aliphatic imine (C=N–C) groups is 1. The molecule has 0 heterocycles. The van der Waals surface area contributed by atoms with Crippen LogP contribution >= 0.6 is 0 Å². The van der Waals surface area contributed by atoms with Crippen molar-refractivity contribution in [3.05, 3.63) is 59.8 Å². The van der Waals surface area contributed by atoms with Crippen LogP contribution in [0.5, 0.6) is 0 Å². The molecule has 1 fully saturated rings. The van der Waals surface area contributed by atoms with Crippen molar-refractivity contribution in [1.29, 1.82) is 0 Å². The molecule has 0 amide bonds. The van der Waals surface area contributed by atoms with Gasteiger partial charge in [-0.05, 0) is 44.0 Å². The van der Waals surface area contributed by atoms with Gasteiger partial charge in [0, 0.05) is 11.6 Å². The van der Waals surface area contributed by atoms with Crippen molar-refractivity contribution >= 4 is 6.72 Å². The van der Waals surface area contributed by atoms with E-state index in [2.05, 4.69) is 49.5 Å². The molecule has 0 spiro atoms. The number of rotatable bonds is 7. The normalized spacial score (nSPS) is 17.0. The molecule has 0 N–H and O–H groups in total. The summed E-state index contributed by atoms with van der Waals surface area (Å²) in [6.07, 6.45) is 9.07. The summed E-state index contributed by atoms with van der Waals surface area (Å²) in [4.78, 5) is 4.22. The van der Waals surface area contributed by atoms with Crippen molar-refractivity contribution in [3.63, 3.8) is 0 Å². The summed E-state index contributed by atoms with van der Waals surface area (Å²) in [5, 5.41) is 0. The lowest BCUT2D eigenvalue weighted by Gasteiger charge is -2.18. The Morgan fingerprint density at radius 3 is 2.84 bits per heavy atom. The first-order valence-electron chi connectivity index (χ1n) is 7.10. The minimum atomic E-state index is 0.357. The van der Waals surface area contributed by atoms with Crippen molar-refractivity contribution in [2.45, 2.75) is 38.5 Å². The first-order chi connectivity index (χ1) is 9.24. The third kappa shape index (κ3) is 3.92. The standard InChI is InChI=1S/C18H23N/c1-4-6-18(19-3)17(12-11-15-9-10-15)16-8-5-7-14(2)13-16/h4-8,13,15,17H,1,3,9-12H2,2H3/b18-6-. The summed E-state index contributed by atoms with van der Waals surface area (Å²) >= 11 is 0. The number of allylic oxidation sites excluding steroid dienone is 3. The molecule has 100 valence electrons. The second kappa shape index (κ2) is 6.51. The molecule has 1 aliphatic carbocycles. The minimum absolute atomic E-state index is 0.357. The molecule has 0 aromatic heterocycles. The Kier molecular flexibility index (Phi) is 4.73. The zero-order chi connectivity index (χ0) is 13.7. The van der Waals surface area contributed by atoms with E-state index < -0.39 is 0 Å². The van der Waals surface area contributed by atoms with Crippen molar-refractivity contribution in [2.75, 3.05) is 0 Å². The van der Waals surface area contributed by atoms with Crippen LogP contribution in [0.4, 0.5) is 0 Å². The number of aryl methyl sites for hydroxylation is 1. The summed E-state index contributed by atoms with van der Waals surface area (Å²) in [5.41, 5.74) is 3.69. The Bertz CT molecular complexity index is 480.